The van der Waals surface area contributed by atoms with E-state index in [9.17, 15) is 41.6 Å². The van der Waals surface area contributed by atoms with E-state index < -0.39 is 56.1 Å². The number of carbonyl (C=O) groups excluding carboxylic acids is 1. The standard InChI is InChI=1S/C49H54F3N7O7S/c50-49(51,52)48(61)16-13-31(14-17-48)29-54-41-12-10-37(26-43(41)59(62)63)67(64,65)56-46(60)40-11-9-34(25-44(40)66-36-24-33-15-20-53-45(33)55-30-36)57-22-18-47(19-23-57)27-35(28-47)58-21-3-6-42(58)39-5-2-1-4-38(39)32-7-8-32/h1-2,4-5,9-12,15,20,24-26,30-32,35,42,54,61H,3,6-8,13-14,16-19,21-23,27-29H2,(H,53,55)(H,56,60)/t31?,42-,48?/m0/s1. The summed E-state index contributed by atoms with van der Waals surface area (Å²) in [6, 6.07) is 21.9. The lowest BCUT2D eigenvalue weighted by Gasteiger charge is -2.56. The average molecular weight is 942 g/mol. The summed E-state index contributed by atoms with van der Waals surface area (Å²) in [7, 11) is -4.68. The Kier molecular flexibility index (Phi) is 11.7. The van der Waals surface area contributed by atoms with Crippen molar-refractivity contribution in [1.82, 2.24) is 19.6 Å². The number of nitro benzene ring substituents is 1. The monoisotopic (exact) mass is 941 g/mol. The molecule has 5 fully saturated rings. The van der Waals surface area contributed by atoms with Gasteiger partial charge in [0.1, 0.15) is 22.8 Å². The maximum absolute atomic E-state index is 14.0. The Morgan fingerprint density at radius 2 is 1.69 bits per heavy atom. The van der Waals surface area contributed by atoms with Crippen molar-refractivity contribution in [3.05, 3.63) is 112 Å². The zero-order valence-electron chi connectivity index (χ0n) is 36.9. The molecule has 1 atom stereocenters. The SMILES string of the molecule is O=C(NS(=O)(=O)c1ccc(NCC2CCC(O)(C(F)(F)F)CC2)c([N+](=O)[O-])c1)c1ccc(N2CCC3(CC2)CC(N2CCC[C@H]2c2ccccc2C2CC2)C3)cc1Oc1cnc2[nH]ccc2c1. The molecule has 354 valence electrons. The fourth-order valence-corrected chi connectivity index (χ4v) is 12.1. The fourth-order valence-electron chi connectivity index (χ4n) is 11.2. The summed E-state index contributed by atoms with van der Waals surface area (Å²) >= 11 is 0. The van der Waals surface area contributed by atoms with Crippen LogP contribution in [0.25, 0.3) is 11.0 Å². The molecule has 4 heterocycles. The number of piperidine rings is 1. The molecule has 1 spiro atoms. The molecule has 10 rings (SSSR count). The van der Waals surface area contributed by atoms with E-state index >= 15 is 0 Å². The largest absolute Gasteiger partial charge is 0.455 e. The van der Waals surface area contributed by atoms with Crippen molar-refractivity contribution in [3.8, 4) is 11.5 Å². The average Bonchev–Trinajstić information content (AvgIpc) is 3.84. The van der Waals surface area contributed by atoms with E-state index in [-0.39, 0.29) is 47.7 Å². The van der Waals surface area contributed by atoms with Gasteiger partial charge < -0.3 is 25.0 Å². The first-order valence-corrected chi connectivity index (χ1v) is 24.8. The molecule has 0 unspecified atom stereocenters. The number of amides is 1. The van der Waals surface area contributed by atoms with Crippen LogP contribution in [0.2, 0.25) is 0 Å². The summed E-state index contributed by atoms with van der Waals surface area (Å²) in [5.41, 5.74) is 1.32. The van der Waals surface area contributed by atoms with Gasteiger partial charge in [0, 0.05) is 61.1 Å². The Labute approximate surface area is 386 Å². The predicted octanol–water partition coefficient (Wildman–Crippen LogP) is 9.74. The number of hydrogen-bond acceptors (Lipinski definition) is 11. The van der Waals surface area contributed by atoms with Crippen molar-refractivity contribution in [2.75, 3.05) is 36.4 Å². The van der Waals surface area contributed by atoms with Gasteiger partial charge in [-0.25, -0.2) is 18.1 Å². The molecule has 5 aliphatic rings. The van der Waals surface area contributed by atoms with Crippen molar-refractivity contribution in [1.29, 1.82) is 0 Å². The molecule has 4 N–H and O–H groups in total. The Balaban J connectivity index is 0.822. The first kappa shape index (κ1) is 45.1. The number of nitro groups is 1. The van der Waals surface area contributed by atoms with Crippen molar-refractivity contribution in [2.24, 2.45) is 11.3 Å². The van der Waals surface area contributed by atoms with Crippen LogP contribution in [-0.2, 0) is 10.0 Å². The lowest BCUT2D eigenvalue weighted by molar-refractivity contribution is -0.384. The van der Waals surface area contributed by atoms with E-state index in [0.717, 1.165) is 61.6 Å². The molecule has 18 heteroatoms. The highest BCUT2D eigenvalue weighted by molar-refractivity contribution is 7.90. The zero-order valence-corrected chi connectivity index (χ0v) is 37.8. The molecule has 3 aliphatic carbocycles. The number of sulfonamides is 1. The molecule has 67 heavy (non-hydrogen) atoms. The van der Waals surface area contributed by atoms with Crippen LogP contribution in [0, 0.1) is 21.4 Å². The third-order valence-corrected chi connectivity index (χ3v) is 16.5. The van der Waals surface area contributed by atoms with Gasteiger partial charge in [0.15, 0.2) is 5.60 Å². The number of anilines is 2. The van der Waals surface area contributed by atoms with Gasteiger partial charge in [-0.05, 0) is 148 Å². The Bertz CT molecular complexity index is 2790. The van der Waals surface area contributed by atoms with Gasteiger partial charge in [-0.1, -0.05) is 24.3 Å². The van der Waals surface area contributed by atoms with Gasteiger partial charge in [0.25, 0.3) is 21.6 Å². The van der Waals surface area contributed by atoms with Crippen molar-refractivity contribution < 1.29 is 41.2 Å². The van der Waals surface area contributed by atoms with Crippen molar-refractivity contribution in [2.45, 2.75) is 112 Å². The minimum absolute atomic E-state index is 0.0360. The number of aromatic amines is 1. The number of likely N-dealkylation sites (tertiary alicyclic amines) is 1. The first-order chi connectivity index (χ1) is 32.1. The van der Waals surface area contributed by atoms with Gasteiger partial charge in [0.05, 0.1) is 21.6 Å². The maximum Gasteiger partial charge on any atom is 0.417 e. The highest BCUT2D eigenvalue weighted by atomic mass is 32.2. The molecule has 3 aromatic carbocycles. The maximum atomic E-state index is 14.0. The van der Waals surface area contributed by atoms with Crippen LogP contribution in [-0.4, -0.2) is 83.2 Å². The van der Waals surface area contributed by atoms with Crippen LogP contribution in [0.15, 0.2) is 90.1 Å². The molecular formula is C49H54F3N7O7S. The zero-order chi connectivity index (χ0) is 46.7. The van der Waals surface area contributed by atoms with Gasteiger partial charge in [-0.2, -0.15) is 13.2 Å². The molecule has 1 amide bonds. The molecular weight excluding hydrogens is 888 g/mol. The number of nitrogens with zero attached hydrogens (tertiary/aromatic N) is 4. The highest BCUT2D eigenvalue weighted by Gasteiger charge is 2.55. The van der Waals surface area contributed by atoms with Gasteiger partial charge in [-0.15, -0.1) is 0 Å². The summed E-state index contributed by atoms with van der Waals surface area (Å²) < 4.78 is 75.7. The second kappa shape index (κ2) is 17.4. The molecule has 3 saturated carbocycles. The number of aliphatic hydroxyl groups is 1. The predicted molar refractivity (Wildman–Crippen MR) is 246 cm³/mol. The third kappa shape index (κ3) is 9.07. The summed E-state index contributed by atoms with van der Waals surface area (Å²) in [6.45, 7) is 2.83. The normalized spacial score (nSPS) is 23.6. The number of rotatable bonds is 13. The first-order valence-electron chi connectivity index (χ1n) is 23.3. The van der Waals surface area contributed by atoms with Crippen molar-refractivity contribution in [3.63, 3.8) is 0 Å². The summed E-state index contributed by atoms with van der Waals surface area (Å²) in [6.07, 6.45) is 7.02. The van der Waals surface area contributed by atoms with Crippen molar-refractivity contribution >= 4 is 44.0 Å². The number of carbonyl (C=O) groups is 1. The fraction of sp³-hybridized carbons (Fsp3) is 0.469. The second-order valence-electron chi connectivity index (χ2n) is 19.4. The van der Waals surface area contributed by atoms with E-state index in [4.69, 9.17) is 4.74 Å². The number of benzene rings is 3. The van der Waals surface area contributed by atoms with Crippen LogP contribution < -0.4 is 19.7 Å². The van der Waals surface area contributed by atoms with Crippen LogP contribution in [0.4, 0.5) is 30.2 Å². The smallest absolute Gasteiger partial charge is 0.417 e. The minimum Gasteiger partial charge on any atom is -0.455 e. The molecule has 5 aromatic rings. The summed E-state index contributed by atoms with van der Waals surface area (Å²) in [5.74, 6) is -0.192. The molecule has 14 nitrogen and oxygen atoms in total. The molecule has 2 aliphatic heterocycles. The van der Waals surface area contributed by atoms with E-state index in [1.165, 1.54) is 62.4 Å². The van der Waals surface area contributed by atoms with Crippen LogP contribution in [0.5, 0.6) is 11.5 Å². The van der Waals surface area contributed by atoms with Crippen LogP contribution in [0.3, 0.4) is 0 Å². The van der Waals surface area contributed by atoms with Gasteiger partial charge >= 0.3 is 6.18 Å². The van der Waals surface area contributed by atoms with Gasteiger partial charge in [-0.3, -0.25) is 19.8 Å². The van der Waals surface area contributed by atoms with E-state index in [1.54, 1.807) is 30.0 Å². The lowest BCUT2D eigenvalue weighted by Crippen LogP contribution is -2.54. The molecule has 2 saturated heterocycles. The van der Waals surface area contributed by atoms with Crippen LogP contribution in [0.1, 0.15) is 110 Å². The quantitative estimate of drug-likeness (QED) is 0.0651. The molecule has 0 bridgehead atoms. The second-order valence-corrected chi connectivity index (χ2v) is 21.1. The number of nitrogens with one attached hydrogen (secondary N) is 3. The summed E-state index contributed by atoms with van der Waals surface area (Å²) in [4.78, 5) is 37.3. The minimum atomic E-state index is -4.76. The number of halogens is 3. The van der Waals surface area contributed by atoms with Crippen LogP contribution >= 0.6 is 0 Å². The third-order valence-electron chi connectivity index (χ3n) is 15.2. The number of fused-ring (bicyclic) bond motifs is 1. The van der Waals surface area contributed by atoms with Gasteiger partial charge in [0.2, 0.25) is 0 Å². The number of hydrogen-bond donors (Lipinski definition) is 4. The summed E-state index contributed by atoms with van der Waals surface area (Å²) in [5, 5.41) is 25.8. The van der Waals surface area contributed by atoms with E-state index in [2.05, 4.69) is 54.1 Å². The number of aromatic nitrogens is 2. The highest BCUT2D eigenvalue weighted by Crippen LogP contribution is 2.55. The Hall–Kier alpha value is -5.72. The Morgan fingerprint density at radius 1 is 0.940 bits per heavy atom. The molecule has 0 radical (unpaired) electrons. The number of alkyl halides is 3. The number of H-pyrrole nitrogens is 1. The Morgan fingerprint density at radius 3 is 2.40 bits per heavy atom. The van der Waals surface area contributed by atoms with E-state index in [1.807, 2.05) is 6.07 Å². The molecule has 2 aromatic heterocycles. The number of ether oxygens (including phenoxy) is 1. The van der Waals surface area contributed by atoms with E-state index in [0.29, 0.717) is 23.5 Å². The lowest BCUT2D eigenvalue weighted by atomic mass is 9.59. The topological polar surface area (TPSA) is 183 Å². The number of pyridine rings is 1.